The molecule has 0 amide bonds. The van der Waals surface area contributed by atoms with E-state index in [9.17, 15) is 0 Å². The molecule has 1 fully saturated rings. The van der Waals surface area contributed by atoms with Crippen LogP contribution >= 0.6 is 0 Å². The number of ether oxygens (including phenoxy) is 1. The number of likely N-dealkylation sites (tertiary alicyclic amines) is 1. The van der Waals surface area contributed by atoms with Gasteiger partial charge in [0.15, 0.2) is 0 Å². The predicted molar refractivity (Wildman–Crippen MR) is 79.8 cm³/mol. The fraction of sp³-hybridized carbons (Fsp3) is 0.625. The molecule has 0 unspecified atom stereocenters. The Hall–Kier alpha value is -1.06. The molecule has 0 aliphatic carbocycles. The van der Waals surface area contributed by atoms with Gasteiger partial charge in [-0.1, -0.05) is 12.1 Å². The molecule has 0 spiro atoms. The number of likely N-dealkylation sites (N-methyl/N-ethyl adjacent to an activating group) is 1. The SMILES string of the molecule is COc1ccc(CCN(C)C2CCN(C)CC2)cc1. The van der Waals surface area contributed by atoms with E-state index >= 15 is 0 Å². The number of nitrogens with zero attached hydrogens (tertiary/aromatic N) is 2. The van der Waals surface area contributed by atoms with Gasteiger partial charge in [-0.25, -0.2) is 0 Å². The maximum atomic E-state index is 5.18. The first-order valence-corrected chi connectivity index (χ1v) is 7.21. The number of hydrogen-bond donors (Lipinski definition) is 0. The van der Waals surface area contributed by atoms with Crippen molar-refractivity contribution in [1.82, 2.24) is 9.80 Å². The van der Waals surface area contributed by atoms with Crippen molar-refractivity contribution < 1.29 is 4.74 Å². The molecule has 0 aromatic heterocycles. The highest BCUT2D eigenvalue weighted by atomic mass is 16.5. The summed E-state index contributed by atoms with van der Waals surface area (Å²) >= 11 is 0. The van der Waals surface area contributed by atoms with E-state index in [1.54, 1.807) is 7.11 Å². The Labute approximate surface area is 117 Å². The first kappa shape index (κ1) is 14.4. The summed E-state index contributed by atoms with van der Waals surface area (Å²) in [6.45, 7) is 3.61. The Morgan fingerprint density at radius 3 is 2.42 bits per heavy atom. The third kappa shape index (κ3) is 4.22. The standard InChI is InChI=1S/C16H26N2O/c1-17-11-9-15(10-12-17)18(2)13-8-14-4-6-16(19-3)7-5-14/h4-7,15H,8-13H2,1-3H3. The van der Waals surface area contributed by atoms with E-state index in [0.717, 1.165) is 24.8 Å². The highest BCUT2D eigenvalue weighted by Crippen LogP contribution is 2.16. The van der Waals surface area contributed by atoms with E-state index in [4.69, 9.17) is 4.74 Å². The van der Waals surface area contributed by atoms with Crippen molar-refractivity contribution in [2.75, 3.05) is 40.8 Å². The van der Waals surface area contributed by atoms with Crippen LogP contribution < -0.4 is 4.74 Å². The lowest BCUT2D eigenvalue weighted by atomic mass is 10.0. The zero-order valence-electron chi connectivity index (χ0n) is 12.4. The van der Waals surface area contributed by atoms with Crippen LogP contribution in [0, 0.1) is 0 Å². The van der Waals surface area contributed by atoms with Crippen LogP contribution in [-0.4, -0.2) is 56.7 Å². The van der Waals surface area contributed by atoms with E-state index in [1.807, 2.05) is 12.1 Å². The predicted octanol–water partition coefficient (Wildman–Crippen LogP) is 2.26. The lowest BCUT2D eigenvalue weighted by Gasteiger charge is -2.35. The molecule has 1 aromatic carbocycles. The quantitative estimate of drug-likeness (QED) is 0.809. The minimum absolute atomic E-state index is 0.759. The summed E-state index contributed by atoms with van der Waals surface area (Å²) in [5, 5.41) is 0. The smallest absolute Gasteiger partial charge is 0.118 e. The number of methoxy groups -OCH3 is 1. The van der Waals surface area contributed by atoms with Crippen LogP contribution in [0.4, 0.5) is 0 Å². The zero-order chi connectivity index (χ0) is 13.7. The van der Waals surface area contributed by atoms with Crippen LogP contribution in [0.15, 0.2) is 24.3 Å². The van der Waals surface area contributed by atoms with Gasteiger partial charge in [-0.05, 0) is 64.1 Å². The summed E-state index contributed by atoms with van der Waals surface area (Å²) in [5.41, 5.74) is 1.39. The van der Waals surface area contributed by atoms with Crippen LogP contribution in [0.25, 0.3) is 0 Å². The van der Waals surface area contributed by atoms with Crippen molar-refractivity contribution in [3.8, 4) is 5.75 Å². The van der Waals surface area contributed by atoms with Gasteiger partial charge in [0.2, 0.25) is 0 Å². The maximum absolute atomic E-state index is 5.18. The third-order valence-corrected chi connectivity index (χ3v) is 4.22. The molecule has 106 valence electrons. The van der Waals surface area contributed by atoms with Crippen LogP contribution in [0.5, 0.6) is 5.75 Å². The minimum atomic E-state index is 0.759. The third-order valence-electron chi connectivity index (χ3n) is 4.22. The maximum Gasteiger partial charge on any atom is 0.118 e. The number of piperidine rings is 1. The average Bonchev–Trinajstić information content (AvgIpc) is 2.46. The molecule has 1 aliphatic rings. The van der Waals surface area contributed by atoms with E-state index in [2.05, 4.69) is 36.0 Å². The average molecular weight is 262 g/mol. The van der Waals surface area contributed by atoms with Gasteiger partial charge in [-0.3, -0.25) is 0 Å². The van der Waals surface area contributed by atoms with Crippen molar-refractivity contribution in [3.63, 3.8) is 0 Å². The van der Waals surface area contributed by atoms with E-state index < -0.39 is 0 Å². The molecular weight excluding hydrogens is 236 g/mol. The van der Waals surface area contributed by atoms with E-state index in [1.165, 1.54) is 31.5 Å². The van der Waals surface area contributed by atoms with Gasteiger partial charge in [0.05, 0.1) is 7.11 Å². The van der Waals surface area contributed by atoms with E-state index in [-0.39, 0.29) is 0 Å². The van der Waals surface area contributed by atoms with Gasteiger partial charge in [-0.15, -0.1) is 0 Å². The van der Waals surface area contributed by atoms with Crippen LogP contribution in [-0.2, 0) is 6.42 Å². The van der Waals surface area contributed by atoms with Gasteiger partial charge >= 0.3 is 0 Å². The molecule has 0 N–H and O–H groups in total. The van der Waals surface area contributed by atoms with Crippen LogP contribution in [0.2, 0.25) is 0 Å². The van der Waals surface area contributed by atoms with Crippen molar-refractivity contribution in [2.45, 2.75) is 25.3 Å². The Morgan fingerprint density at radius 2 is 1.84 bits per heavy atom. The molecular formula is C16H26N2O. The molecule has 1 heterocycles. The molecule has 0 atom stereocenters. The Morgan fingerprint density at radius 1 is 1.21 bits per heavy atom. The number of benzene rings is 1. The lowest BCUT2D eigenvalue weighted by Crippen LogP contribution is -2.42. The Kier molecular flexibility index (Phi) is 5.23. The van der Waals surface area contributed by atoms with Crippen molar-refractivity contribution in [1.29, 1.82) is 0 Å². The second-order valence-electron chi connectivity index (χ2n) is 5.61. The van der Waals surface area contributed by atoms with Gasteiger partial charge < -0.3 is 14.5 Å². The number of rotatable bonds is 5. The molecule has 19 heavy (non-hydrogen) atoms. The molecule has 3 heteroatoms. The van der Waals surface area contributed by atoms with E-state index in [0.29, 0.717) is 0 Å². The fourth-order valence-corrected chi connectivity index (χ4v) is 2.72. The summed E-state index contributed by atoms with van der Waals surface area (Å²) in [5.74, 6) is 0.937. The molecule has 0 saturated carbocycles. The Bertz CT molecular complexity index is 369. The summed E-state index contributed by atoms with van der Waals surface area (Å²) < 4.78 is 5.18. The first-order chi connectivity index (χ1) is 9.19. The summed E-state index contributed by atoms with van der Waals surface area (Å²) in [7, 11) is 6.19. The molecule has 0 radical (unpaired) electrons. The first-order valence-electron chi connectivity index (χ1n) is 7.21. The van der Waals surface area contributed by atoms with Crippen molar-refractivity contribution in [3.05, 3.63) is 29.8 Å². The van der Waals surface area contributed by atoms with Gasteiger partial charge in [0, 0.05) is 12.6 Å². The molecule has 3 nitrogen and oxygen atoms in total. The van der Waals surface area contributed by atoms with Crippen LogP contribution in [0.3, 0.4) is 0 Å². The minimum Gasteiger partial charge on any atom is -0.497 e. The molecule has 0 bridgehead atoms. The second kappa shape index (κ2) is 6.92. The molecule has 2 rings (SSSR count). The second-order valence-corrected chi connectivity index (χ2v) is 5.61. The summed E-state index contributed by atoms with van der Waals surface area (Å²) in [6, 6.07) is 9.19. The van der Waals surface area contributed by atoms with Gasteiger partial charge in [-0.2, -0.15) is 0 Å². The van der Waals surface area contributed by atoms with Crippen LogP contribution in [0.1, 0.15) is 18.4 Å². The number of hydrogen-bond acceptors (Lipinski definition) is 3. The topological polar surface area (TPSA) is 15.7 Å². The normalized spacial score (nSPS) is 17.9. The fourth-order valence-electron chi connectivity index (χ4n) is 2.72. The van der Waals surface area contributed by atoms with Crippen molar-refractivity contribution in [2.24, 2.45) is 0 Å². The monoisotopic (exact) mass is 262 g/mol. The summed E-state index contributed by atoms with van der Waals surface area (Å²) in [6.07, 6.45) is 3.72. The molecule has 1 aliphatic heterocycles. The zero-order valence-corrected chi connectivity index (χ0v) is 12.4. The summed E-state index contributed by atoms with van der Waals surface area (Å²) in [4.78, 5) is 4.95. The Balaban J connectivity index is 1.77. The lowest BCUT2D eigenvalue weighted by molar-refractivity contribution is 0.145. The van der Waals surface area contributed by atoms with Gasteiger partial charge in [0.1, 0.15) is 5.75 Å². The highest BCUT2D eigenvalue weighted by molar-refractivity contribution is 5.27. The van der Waals surface area contributed by atoms with Crippen molar-refractivity contribution >= 4 is 0 Å². The highest BCUT2D eigenvalue weighted by Gasteiger charge is 2.19. The molecule has 1 saturated heterocycles. The largest absolute Gasteiger partial charge is 0.497 e. The van der Waals surface area contributed by atoms with Gasteiger partial charge in [0.25, 0.3) is 0 Å². The molecule has 1 aromatic rings.